The maximum absolute atomic E-state index is 13.6. The van der Waals surface area contributed by atoms with Crippen LogP contribution in [-0.4, -0.2) is 41.0 Å². The van der Waals surface area contributed by atoms with Gasteiger partial charge in [-0.25, -0.2) is 4.39 Å². The molecule has 4 aromatic rings. The van der Waals surface area contributed by atoms with Crippen molar-refractivity contribution in [2.24, 2.45) is 5.92 Å². The summed E-state index contributed by atoms with van der Waals surface area (Å²) >= 11 is 0. The minimum absolute atomic E-state index is 0.223. The van der Waals surface area contributed by atoms with Crippen LogP contribution in [-0.2, 0) is 6.54 Å². The van der Waals surface area contributed by atoms with Crippen LogP contribution in [0.3, 0.4) is 0 Å². The van der Waals surface area contributed by atoms with Gasteiger partial charge in [0.1, 0.15) is 5.82 Å². The molecule has 5 heteroatoms. The summed E-state index contributed by atoms with van der Waals surface area (Å²) in [4.78, 5) is 11.3. The SMILES string of the molecule is C[C@H]1C=CC(CN2CCCCC2)=CC(c2cnc3c(c2)C(c2cc4c(-c5ccc(F)cc5)cccc4[nH]2)=CCNC3)=C1. The molecule has 1 atom stereocenters. The van der Waals surface area contributed by atoms with Gasteiger partial charge in [-0.15, -0.1) is 0 Å². The monoisotopic (exact) mass is 556 g/mol. The summed E-state index contributed by atoms with van der Waals surface area (Å²) in [5.74, 6) is 0.128. The van der Waals surface area contributed by atoms with Gasteiger partial charge in [0.25, 0.3) is 0 Å². The highest BCUT2D eigenvalue weighted by Crippen LogP contribution is 2.35. The van der Waals surface area contributed by atoms with Crippen molar-refractivity contribution in [3.63, 3.8) is 0 Å². The molecule has 0 unspecified atom stereocenters. The van der Waals surface area contributed by atoms with Crippen LogP contribution in [0.5, 0.6) is 0 Å². The summed E-state index contributed by atoms with van der Waals surface area (Å²) in [6.07, 6.45) is 17.6. The number of fused-ring (bicyclic) bond motifs is 2. The van der Waals surface area contributed by atoms with Crippen molar-refractivity contribution in [2.75, 3.05) is 26.2 Å². The van der Waals surface area contributed by atoms with Gasteiger partial charge in [0.2, 0.25) is 0 Å². The first-order valence-electron chi connectivity index (χ1n) is 15.2. The highest BCUT2D eigenvalue weighted by atomic mass is 19.1. The molecule has 1 fully saturated rings. The number of aromatic nitrogens is 2. The highest BCUT2D eigenvalue weighted by Gasteiger charge is 2.20. The summed E-state index contributed by atoms with van der Waals surface area (Å²) < 4.78 is 13.6. The van der Waals surface area contributed by atoms with Gasteiger partial charge in [0.05, 0.1) is 5.69 Å². The Kier molecular flexibility index (Phi) is 7.45. The lowest BCUT2D eigenvalue weighted by atomic mass is 9.95. The standard InChI is InChI=1S/C37H37FN4/c1-25-8-9-26(24-42-16-3-2-4-17-42)19-28(18-25)29-20-33-32(14-15-39-23-37(33)40-22-29)36-21-34-31(6-5-7-35(34)41-36)27-10-12-30(38)13-11-27/h5-14,18-22,25,39,41H,2-4,15-17,23-24H2,1H3/t25-/m0/s1. The van der Waals surface area contributed by atoms with Gasteiger partial charge >= 0.3 is 0 Å². The fourth-order valence-corrected chi connectivity index (χ4v) is 6.50. The number of nitrogens with one attached hydrogen (secondary N) is 2. The molecule has 2 N–H and O–H groups in total. The summed E-state index contributed by atoms with van der Waals surface area (Å²) in [5.41, 5.74) is 11.3. The number of benzene rings is 2. The van der Waals surface area contributed by atoms with Crippen molar-refractivity contribution in [1.29, 1.82) is 0 Å². The number of rotatable bonds is 5. The van der Waals surface area contributed by atoms with Crippen LogP contribution < -0.4 is 5.32 Å². The Hall–Kier alpha value is -4.06. The molecule has 7 rings (SSSR count). The van der Waals surface area contributed by atoms with E-state index in [1.165, 1.54) is 55.6 Å². The Morgan fingerprint density at radius 3 is 2.69 bits per heavy atom. The maximum atomic E-state index is 13.6. The second-order valence-electron chi connectivity index (χ2n) is 11.8. The predicted molar refractivity (Wildman–Crippen MR) is 171 cm³/mol. The molecular weight excluding hydrogens is 519 g/mol. The van der Waals surface area contributed by atoms with E-state index in [9.17, 15) is 4.39 Å². The smallest absolute Gasteiger partial charge is 0.123 e. The molecular formula is C37H37FN4. The van der Waals surface area contributed by atoms with E-state index in [-0.39, 0.29) is 5.82 Å². The Labute approximate surface area is 247 Å². The first-order chi connectivity index (χ1) is 20.6. The van der Waals surface area contributed by atoms with E-state index >= 15 is 0 Å². The van der Waals surface area contributed by atoms with Crippen molar-refractivity contribution in [2.45, 2.75) is 32.7 Å². The number of nitrogens with zero attached hydrogens (tertiary/aromatic N) is 2. The van der Waals surface area contributed by atoms with E-state index in [2.05, 4.69) is 82.8 Å². The molecule has 0 bridgehead atoms. The fraction of sp³-hybridized carbons (Fsp3) is 0.270. The second-order valence-corrected chi connectivity index (χ2v) is 11.8. The molecule has 1 aliphatic carbocycles. The van der Waals surface area contributed by atoms with E-state index < -0.39 is 0 Å². The summed E-state index contributed by atoms with van der Waals surface area (Å²) in [6, 6.07) is 17.6. The molecule has 0 amide bonds. The molecule has 42 heavy (non-hydrogen) atoms. The van der Waals surface area contributed by atoms with Crippen molar-refractivity contribution < 1.29 is 4.39 Å². The Morgan fingerprint density at radius 1 is 0.976 bits per heavy atom. The van der Waals surface area contributed by atoms with E-state index in [1.807, 2.05) is 18.3 Å². The van der Waals surface area contributed by atoms with Gasteiger partial charge in [-0.2, -0.15) is 0 Å². The Morgan fingerprint density at radius 2 is 1.83 bits per heavy atom. The number of hydrogen-bond donors (Lipinski definition) is 2. The number of aromatic amines is 1. The summed E-state index contributed by atoms with van der Waals surface area (Å²) in [6.45, 7) is 7.13. The zero-order valence-corrected chi connectivity index (χ0v) is 24.2. The van der Waals surface area contributed by atoms with Crippen molar-refractivity contribution in [1.82, 2.24) is 20.2 Å². The molecule has 1 saturated heterocycles. The third-order valence-electron chi connectivity index (χ3n) is 8.70. The predicted octanol–water partition coefficient (Wildman–Crippen LogP) is 7.91. The third-order valence-corrected chi connectivity index (χ3v) is 8.70. The van der Waals surface area contributed by atoms with Gasteiger partial charge < -0.3 is 10.3 Å². The summed E-state index contributed by atoms with van der Waals surface area (Å²) in [5, 5.41) is 4.64. The molecule has 0 radical (unpaired) electrons. The number of piperidine rings is 1. The molecule has 3 aliphatic rings. The van der Waals surface area contributed by atoms with Gasteiger partial charge in [0.15, 0.2) is 0 Å². The van der Waals surface area contributed by atoms with Crippen LogP contribution in [0.1, 0.15) is 48.7 Å². The second kappa shape index (κ2) is 11.7. The quantitative estimate of drug-likeness (QED) is 0.263. The van der Waals surface area contributed by atoms with E-state index in [4.69, 9.17) is 4.98 Å². The number of allylic oxidation sites excluding steroid dienone is 4. The molecule has 2 aliphatic heterocycles. The number of H-pyrrole nitrogens is 1. The average molecular weight is 557 g/mol. The minimum atomic E-state index is -0.223. The van der Waals surface area contributed by atoms with Crippen LogP contribution in [0.15, 0.2) is 96.7 Å². The van der Waals surface area contributed by atoms with Crippen LogP contribution in [0.25, 0.3) is 33.2 Å². The lowest BCUT2D eigenvalue weighted by Gasteiger charge is -2.26. The average Bonchev–Trinajstić information content (AvgIpc) is 3.21. The summed E-state index contributed by atoms with van der Waals surface area (Å²) in [7, 11) is 0. The van der Waals surface area contributed by atoms with Crippen molar-refractivity contribution in [3.8, 4) is 11.1 Å². The number of likely N-dealkylation sites (tertiary alicyclic amines) is 1. The largest absolute Gasteiger partial charge is 0.355 e. The van der Waals surface area contributed by atoms with Crippen LogP contribution in [0, 0.1) is 11.7 Å². The lowest BCUT2D eigenvalue weighted by Crippen LogP contribution is -2.31. The van der Waals surface area contributed by atoms with Gasteiger partial charge in [-0.1, -0.05) is 68.0 Å². The fourth-order valence-electron chi connectivity index (χ4n) is 6.50. The molecule has 4 heterocycles. The molecule has 2 aromatic heterocycles. The van der Waals surface area contributed by atoms with E-state index in [0.29, 0.717) is 5.92 Å². The number of hydrogen-bond acceptors (Lipinski definition) is 3. The molecule has 2 aromatic carbocycles. The van der Waals surface area contributed by atoms with Gasteiger partial charge in [0, 0.05) is 59.1 Å². The Balaban J connectivity index is 1.26. The first kappa shape index (κ1) is 26.8. The Bertz CT molecular complexity index is 1730. The topological polar surface area (TPSA) is 44.0 Å². The maximum Gasteiger partial charge on any atom is 0.123 e. The normalized spacial score (nSPS) is 19.5. The zero-order valence-electron chi connectivity index (χ0n) is 24.2. The molecule has 0 saturated carbocycles. The lowest BCUT2D eigenvalue weighted by molar-refractivity contribution is 0.248. The van der Waals surface area contributed by atoms with Crippen molar-refractivity contribution in [3.05, 3.63) is 125 Å². The van der Waals surface area contributed by atoms with Gasteiger partial charge in [-0.3, -0.25) is 9.88 Å². The molecule has 0 spiro atoms. The van der Waals surface area contributed by atoms with E-state index in [1.54, 1.807) is 0 Å². The van der Waals surface area contributed by atoms with Crippen LogP contribution in [0.4, 0.5) is 4.39 Å². The van der Waals surface area contributed by atoms with Crippen molar-refractivity contribution >= 4 is 22.0 Å². The van der Waals surface area contributed by atoms with E-state index in [0.717, 1.165) is 69.8 Å². The zero-order chi connectivity index (χ0) is 28.5. The number of halogens is 1. The highest BCUT2D eigenvalue weighted by molar-refractivity contribution is 5.99. The van der Waals surface area contributed by atoms with Crippen LogP contribution in [0.2, 0.25) is 0 Å². The number of pyridine rings is 1. The van der Waals surface area contributed by atoms with Gasteiger partial charge in [-0.05, 0) is 84.5 Å². The molecule has 212 valence electrons. The molecule has 4 nitrogen and oxygen atoms in total. The van der Waals surface area contributed by atoms with Crippen LogP contribution >= 0.6 is 0 Å². The third kappa shape index (κ3) is 5.55. The first-order valence-corrected chi connectivity index (χ1v) is 15.2. The minimum Gasteiger partial charge on any atom is -0.355 e.